The van der Waals surface area contributed by atoms with Gasteiger partial charge in [-0.2, -0.15) is 14.7 Å². The van der Waals surface area contributed by atoms with Gasteiger partial charge in [0, 0.05) is 40.5 Å². The lowest BCUT2D eigenvalue weighted by atomic mass is 10.1. The Kier molecular flexibility index (Phi) is 3.45. The van der Waals surface area contributed by atoms with Gasteiger partial charge in [-0.25, -0.2) is 14.6 Å². The molecule has 0 aliphatic heterocycles. The first-order valence-electron chi connectivity index (χ1n) is 8.03. The third kappa shape index (κ3) is 2.42. The van der Waals surface area contributed by atoms with Gasteiger partial charge in [-0.15, -0.1) is 0 Å². The summed E-state index contributed by atoms with van der Waals surface area (Å²) in [6.45, 7) is 5.76. The average Bonchev–Trinajstić information content (AvgIpc) is 3.22. The number of hydrogen-bond donors (Lipinski definition) is 1. The van der Waals surface area contributed by atoms with E-state index in [0.29, 0.717) is 18.0 Å². The molecule has 0 saturated heterocycles. The molecule has 4 aromatic rings. The highest BCUT2D eigenvalue weighted by atomic mass is 16.1. The third-order valence-corrected chi connectivity index (χ3v) is 4.21. The van der Waals surface area contributed by atoms with Crippen LogP contribution in [-0.4, -0.2) is 34.3 Å². The van der Waals surface area contributed by atoms with Gasteiger partial charge in [-0.1, -0.05) is 6.92 Å². The van der Waals surface area contributed by atoms with E-state index in [-0.39, 0.29) is 5.56 Å². The highest BCUT2D eigenvalue weighted by Crippen LogP contribution is 2.23. The van der Waals surface area contributed by atoms with Crippen LogP contribution in [0.1, 0.15) is 23.9 Å². The van der Waals surface area contributed by atoms with E-state index in [1.807, 2.05) is 33.0 Å². The Hall–Kier alpha value is -3.29. The molecular formula is C17H17N7O. The van der Waals surface area contributed by atoms with E-state index in [9.17, 15) is 4.79 Å². The van der Waals surface area contributed by atoms with Crippen LogP contribution in [0.5, 0.6) is 0 Å². The fraction of sp³-hybridized carbons (Fsp3) is 0.235. The van der Waals surface area contributed by atoms with Gasteiger partial charge in [0.05, 0.1) is 12.4 Å². The molecular weight excluding hydrogens is 318 g/mol. The van der Waals surface area contributed by atoms with Crippen LogP contribution in [0.4, 0.5) is 0 Å². The van der Waals surface area contributed by atoms with Gasteiger partial charge >= 0.3 is 0 Å². The highest BCUT2D eigenvalue weighted by Gasteiger charge is 2.15. The van der Waals surface area contributed by atoms with Crippen molar-refractivity contribution in [3.8, 4) is 17.1 Å². The molecule has 0 aliphatic carbocycles. The SMILES string of the molecule is CCc1c(C)[nH]c2c(-c3cnn(-c4nccc(C)n4)c3)cnn2c1=O. The first kappa shape index (κ1) is 15.3. The molecule has 126 valence electrons. The minimum absolute atomic E-state index is 0.0885. The number of nitrogens with one attached hydrogen (secondary N) is 1. The van der Waals surface area contributed by atoms with Crippen molar-refractivity contribution in [3.05, 3.63) is 58.2 Å². The standard InChI is InChI=1S/C17H17N7O/c1-4-13-11(3)22-15-14(8-20-24(15)16(13)25)12-7-19-23(9-12)17-18-6-5-10(2)21-17/h5-9,22H,4H2,1-3H3. The van der Waals surface area contributed by atoms with Crippen LogP contribution in [0.3, 0.4) is 0 Å². The molecule has 1 N–H and O–H groups in total. The van der Waals surface area contributed by atoms with Crippen molar-refractivity contribution in [2.45, 2.75) is 27.2 Å². The summed E-state index contributed by atoms with van der Waals surface area (Å²) in [5.74, 6) is 0.501. The zero-order chi connectivity index (χ0) is 17.6. The Morgan fingerprint density at radius 1 is 1.20 bits per heavy atom. The van der Waals surface area contributed by atoms with E-state index in [1.54, 1.807) is 23.3 Å². The van der Waals surface area contributed by atoms with E-state index >= 15 is 0 Å². The lowest BCUT2D eigenvalue weighted by molar-refractivity contribution is 0.801. The Morgan fingerprint density at radius 3 is 2.80 bits per heavy atom. The van der Waals surface area contributed by atoms with Crippen LogP contribution in [0.15, 0.2) is 35.6 Å². The molecule has 8 heteroatoms. The van der Waals surface area contributed by atoms with Gasteiger partial charge in [-0.05, 0) is 26.3 Å². The second kappa shape index (κ2) is 5.66. The number of fused-ring (bicyclic) bond motifs is 1. The second-order valence-corrected chi connectivity index (χ2v) is 5.88. The lowest BCUT2D eigenvalue weighted by Gasteiger charge is -2.04. The van der Waals surface area contributed by atoms with Gasteiger partial charge in [-0.3, -0.25) is 4.79 Å². The topological polar surface area (TPSA) is 93.8 Å². The maximum absolute atomic E-state index is 12.5. The normalized spacial score (nSPS) is 11.3. The molecule has 0 fully saturated rings. The van der Waals surface area contributed by atoms with Crippen molar-refractivity contribution >= 4 is 5.65 Å². The van der Waals surface area contributed by atoms with Crippen molar-refractivity contribution in [3.63, 3.8) is 0 Å². The number of aromatic amines is 1. The molecule has 4 heterocycles. The molecule has 0 spiro atoms. The highest BCUT2D eigenvalue weighted by molar-refractivity contribution is 5.76. The molecule has 8 nitrogen and oxygen atoms in total. The largest absolute Gasteiger partial charge is 0.343 e. The van der Waals surface area contributed by atoms with E-state index < -0.39 is 0 Å². The van der Waals surface area contributed by atoms with Crippen LogP contribution in [0.2, 0.25) is 0 Å². The molecule has 0 atom stereocenters. The fourth-order valence-corrected chi connectivity index (χ4v) is 2.91. The maximum Gasteiger partial charge on any atom is 0.277 e. The van der Waals surface area contributed by atoms with Gasteiger partial charge in [0.1, 0.15) is 5.65 Å². The molecule has 0 saturated carbocycles. The molecule has 0 aromatic carbocycles. The number of H-pyrrole nitrogens is 1. The number of aryl methyl sites for hydroxylation is 2. The molecule has 25 heavy (non-hydrogen) atoms. The number of rotatable bonds is 3. The Balaban J connectivity index is 1.85. The van der Waals surface area contributed by atoms with E-state index in [4.69, 9.17) is 0 Å². The van der Waals surface area contributed by atoms with Crippen molar-refractivity contribution in [2.75, 3.05) is 0 Å². The van der Waals surface area contributed by atoms with Crippen molar-refractivity contribution in [1.82, 2.24) is 34.3 Å². The van der Waals surface area contributed by atoms with Gasteiger partial charge in [0.2, 0.25) is 0 Å². The van der Waals surface area contributed by atoms with Crippen LogP contribution >= 0.6 is 0 Å². The van der Waals surface area contributed by atoms with E-state index in [0.717, 1.165) is 28.1 Å². The van der Waals surface area contributed by atoms with E-state index in [2.05, 4.69) is 25.1 Å². The lowest BCUT2D eigenvalue weighted by Crippen LogP contribution is -2.21. The fourth-order valence-electron chi connectivity index (χ4n) is 2.91. The van der Waals surface area contributed by atoms with Crippen molar-refractivity contribution < 1.29 is 0 Å². The molecule has 4 aromatic heterocycles. The minimum atomic E-state index is -0.0885. The number of nitrogens with zero attached hydrogens (tertiary/aromatic N) is 6. The average molecular weight is 335 g/mol. The number of aromatic nitrogens is 7. The first-order chi connectivity index (χ1) is 12.1. The summed E-state index contributed by atoms with van der Waals surface area (Å²) in [4.78, 5) is 24.4. The summed E-state index contributed by atoms with van der Waals surface area (Å²) in [5, 5.41) is 8.58. The van der Waals surface area contributed by atoms with E-state index in [1.165, 1.54) is 4.52 Å². The van der Waals surface area contributed by atoms with Crippen molar-refractivity contribution in [1.29, 1.82) is 0 Å². The molecule has 0 bridgehead atoms. The summed E-state index contributed by atoms with van der Waals surface area (Å²) in [6.07, 6.45) is 7.57. The van der Waals surface area contributed by atoms with Crippen LogP contribution in [-0.2, 0) is 6.42 Å². The summed E-state index contributed by atoms with van der Waals surface area (Å²) in [6, 6.07) is 1.83. The Labute approximate surface area is 143 Å². The molecule has 4 rings (SSSR count). The zero-order valence-electron chi connectivity index (χ0n) is 14.2. The van der Waals surface area contributed by atoms with Crippen molar-refractivity contribution in [2.24, 2.45) is 0 Å². The van der Waals surface area contributed by atoms with Gasteiger partial charge < -0.3 is 4.98 Å². The monoisotopic (exact) mass is 335 g/mol. The Bertz CT molecular complexity index is 1140. The summed E-state index contributed by atoms with van der Waals surface area (Å²) >= 11 is 0. The molecule has 0 aliphatic rings. The molecule has 0 amide bonds. The maximum atomic E-state index is 12.5. The first-order valence-corrected chi connectivity index (χ1v) is 8.03. The van der Waals surface area contributed by atoms with Gasteiger partial charge in [0.15, 0.2) is 0 Å². The summed E-state index contributed by atoms with van der Waals surface area (Å²) in [5.41, 5.74) is 4.67. The molecule has 0 radical (unpaired) electrons. The smallest absolute Gasteiger partial charge is 0.277 e. The summed E-state index contributed by atoms with van der Waals surface area (Å²) in [7, 11) is 0. The third-order valence-electron chi connectivity index (χ3n) is 4.21. The Morgan fingerprint density at radius 2 is 2.04 bits per heavy atom. The zero-order valence-corrected chi connectivity index (χ0v) is 14.2. The predicted octanol–water partition coefficient (Wildman–Crippen LogP) is 1.84. The molecule has 0 unspecified atom stereocenters. The number of hydrogen-bond acceptors (Lipinski definition) is 5. The van der Waals surface area contributed by atoms with Gasteiger partial charge in [0.25, 0.3) is 11.5 Å². The van der Waals surface area contributed by atoms with Crippen LogP contribution in [0, 0.1) is 13.8 Å². The summed E-state index contributed by atoms with van der Waals surface area (Å²) < 4.78 is 3.01. The minimum Gasteiger partial charge on any atom is -0.343 e. The second-order valence-electron chi connectivity index (χ2n) is 5.88. The van der Waals surface area contributed by atoms with Crippen LogP contribution in [0.25, 0.3) is 22.7 Å². The quantitative estimate of drug-likeness (QED) is 0.616. The van der Waals surface area contributed by atoms with Crippen LogP contribution < -0.4 is 5.56 Å². The predicted molar refractivity (Wildman–Crippen MR) is 92.8 cm³/mol.